The number of pyridine rings is 1. The van der Waals surface area contributed by atoms with Crippen LogP contribution in [0.1, 0.15) is 35.5 Å². The first-order chi connectivity index (χ1) is 13.6. The van der Waals surface area contributed by atoms with Gasteiger partial charge in [-0.1, -0.05) is 22.0 Å². The molecule has 1 atom stereocenters. The summed E-state index contributed by atoms with van der Waals surface area (Å²) in [4.78, 5) is 14.3. The molecule has 28 heavy (non-hydrogen) atoms. The molecule has 0 aliphatic carbocycles. The van der Waals surface area contributed by atoms with Crippen molar-refractivity contribution in [3.05, 3.63) is 88.2 Å². The Labute approximate surface area is 170 Å². The summed E-state index contributed by atoms with van der Waals surface area (Å²) < 4.78 is 8.85. The molecule has 0 N–H and O–H groups in total. The van der Waals surface area contributed by atoms with Gasteiger partial charge in [-0.05, 0) is 55.8 Å². The van der Waals surface area contributed by atoms with Gasteiger partial charge in [-0.3, -0.25) is 14.5 Å². The molecule has 0 saturated carbocycles. The number of aromatic nitrogens is 3. The number of rotatable bonds is 2. The summed E-state index contributed by atoms with van der Waals surface area (Å²) in [6, 6.07) is 13.9. The molecule has 138 valence electrons. The maximum atomic E-state index is 5.74. The molecule has 0 radical (unpaired) electrons. The second kappa shape index (κ2) is 6.56. The highest BCUT2D eigenvalue weighted by molar-refractivity contribution is 9.10. The molecule has 0 saturated heterocycles. The topological polar surface area (TPSA) is 56.2 Å². The fraction of sp³-hybridized carbons (Fsp3) is 0.136. The van der Waals surface area contributed by atoms with Crippen molar-refractivity contribution in [2.45, 2.75) is 19.9 Å². The number of imidazole rings is 1. The molecule has 5 rings (SSSR count). The molecule has 0 amide bonds. The molecule has 1 aromatic carbocycles. The van der Waals surface area contributed by atoms with Crippen LogP contribution in [0.4, 0.5) is 0 Å². The second-order valence-corrected chi connectivity index (χ2v) is 7.73. The van der Waals surface area contributed by atoms with Crippen molar-refractivity contribution >= 4 is 21.6 Å². The van der Waals surface area contributed by atoms with Crippen molar-refractivity contribution in [3.8, 4) is 17.1 Å². The first-order valence-electron chi connectivity index (χ1n) is 9.04. The average molecular weight is 433 g/mol. The van der Waals surface area contributed by atoms with Gasteiger partial charge in [0.15, 0.2) is 5.76 Å². The summed E-state index contributed by atoms with van der Waals surface area (Å²) >= 11 is 3.60. The van der Waals surface area contributed by atoms with Crippen molar-refractivity contribution in [2.75, 3.05) is 0 Å². The molecule has 4 aromatic rings. The van der Waals surface area contributed by atoms with Gasteiger partial charge in [0.2, 0.25) is 0 Å². The highest BCUT2D eigenvalue weighted by Crippen LogP contribution is 2.37. The van der Waals surface area contributed by atoms with E-state index in [2.05, 4.69) is 49.5 Å². The van der Waals surface area contributed by atoms with Gasteiger partial charge in [0.25, 0.3) is 0 Å². The van der Waals surface area contributed by atoms with Crippen LogP contribution in [0.2, 0.25) is 0 Å². The van der Waals surface area contributed by atoms with Crippen LogP contribution in [0.25, 0.3) is 17.1 Å². The Morgan fingerprint density at radius 2 is 2.00 bits per heavy atom. The molecule has 6 heteroatoms. The molecular formula is C22H17BrN4O. The Balaban J connectivity index is 1.81. The zero-order valence-corrected chi connectivity index (χ0v) is 17.0. The fourth-order valence-electron chi connectivity index (χ4n) is 3.68. The summed E-state index contributed by atoms with van der Waals surface area (Å²) in [6.45, 7) is 4.11. The van der Waals surface area contributed by atoms with E-state index < -0.39 is 0 Å². The second-order valence-electron chi connectivity index (χ2n) is 6.81. The van der Waals surface area contributed by atoms with Crippen molar-refractivity contribution in [3.63, 3.8) is 0 Å². The first-order valence-corrected chi connectivity index (χ1v) is 9.84. The number of aryl methyl sites for hydroxylation is 1. The van der Waals surface area contributed by atoms with Gasteiger partial charge in [0, 0.05) is 16.2 Å². The van der Waals surface area contributed by atoms with Gasteiger partial charge in [-0.25, -0.2) is 4.98 Å². The van der Waals surface area contributed by atoms with Crippen LogP contribution in [-0.2, 0) is 0 Å². The Kier molecular flexibility index (Phi) is 4.02. The number of furan rings is 1. The summed E-state index contributed by atoms with van der Waals surface area (Å²) in [6.07, 6.45) is 5.35. The SMILES string of the molecule is Cc1ccoc1-c1ncn2c1[C@@H](C)N=C(c1ccccn1)c1cc(Br)ccc1-2. The molecular weight excluding hydrogens is 416 g/mol. The summed E-state index contributed by atoms with van der Waals surface area (Å²) in [7, 11) is 0. The van der Waals surface area contributed by atoms with E-state index in [0.29, 0.717) is 0 Å². The summed E-state index contributed by atoms with van der Waals surface area (Å²) in [5, 5.41) is 0. The van der Waals surface area contributed by atoms with Crippen LogP contribution in [0.5, 0.6) is 0 Å². The minimum absolute atomic E-state index is 0.120. The Morgan fingerprint density at radius 1 is 1.11 bits per heavy atom. The van der Waals surface area contributed by atoms with Crippen LogP contribution in [0, 0.1) is 6.92 Å². The smallest absolute Gasteiger partial charge is 0.157 e. The average Bonchev–Trinajstić information content (AvgIpc) is 3.29. The van der Waals surface area contributed by atoms with Gasteiger partial charge in [-0.2, -0.15) is 0 Å². The van der Waals surface area contributed by atoms with E-state index in [1.165, 1.54) is 0 Å². The third kappa shape index (κ3) is 2.64. The highest BCUT2D eigenvalue weighted by atomic mass is 79.9. The Bertz CT molecular complexity index is 1210. The van der Waals surface area contributed by atoms with Crippen molar-refractivity contribution in [2.24, 2.45) is 4.99 Å². The molecule has 5 nitrogen and oxygen atoms in total. The van der Waals surface area contributed by atoms with Crippen LogP contribution in [-0.4, -0.2) is 20.2 Å². The maximum Gasteiger partial charge on any atom is 0.157 e. The van der Waals surface area contributed by atoms with E-state index >= 15 is 0 Å². The number of hydrogen-bond acceptors (Lipinski definition) is 4. The first kappa shape index (κ1) is 17.1. The number of halogens is 1. The monoisotopic (exact) mass is 432 g/mol. The lowest BCUT2D eigenvalue weighted by Gasteiger charge is -2.12. The van der Waals surface area contributed by atoms with E-state index in [-0.39, 0.29) is 6.04 Å². The molecule has 4 heterocycles. The normalized spacial score (nSPS) is 15.5. The quantitative estimate of drug-likeness (QED) is 0.419. The molecule has 0 unspecified atom stereocenters. The lowest BCUT2D eigenvalue weighted by atomic mass is 10.0. The molecule has 1 aliphatic rings. The van der Waals surface area contributed by atoms with Gasteiger partial charge in [0.1, 0.15) is 12.0 Å². The van der Waals surface area contributed by atoms with E-state index in [4.69, 9.17) is 9.41 Å². The van der Waals surface area contributed by atoms with Gasteiger partial charge in [-0.15, -0.1) is 0 Å². The molecule has 0 spiro atoms. The summed E-state index contributed by atoms with van der Waals surface area (Å²) in [5.74, 6) is 0.788. The minimum atomic E-state index is -0.120. The largest absolute Gasteiger partial charge is 0.462 e. The third-order valence-electron chi connectivity index (χ3n) is 4.98. The highest BCUT2D eigenvalue weighted by Gasteiger charge is 2.28. The van der Waals surface area contributed by atoms with Crippen LogP contribution >= 0.6 is 15.9 Å². The number of aliphatic imine (C=N–C) groups is 1. The van der Waals surface area contributed by atoms with Crippen LogP contribution in [0.15, 0.2) is 75.1 Å². The van der Waals surface area contributed by atoms with Gasteiger partial charge in [0.05, 0.1) is 35.1 Å². The van der Waals surface area contributed by atoms with Crippen molar-refractivity contribution in [1.29, 1.82) is 0 Å². The zero-order valence-electron chi connectivity index (χ0n) is 15.4. The lowest BCUT2D eigenvalue weighted by molar-refractivity contribution is 0.576. The third-order valence-corrected chi connectivity index (χ3v) is 5.47. The van der Waals surface area contributed by atoms with Gasteiger partial charge < -0.3 is 4.42 Å². The van der Waals surface area contributed by atoms with E-state index in [1.807, 2.05) is 43.6 Å². The van der Waals surface area contributed by atoms with Crippen molar-refractivity contribution < 1.29 is 4.42 Å². The fourth-order valence-corrected chi connectivity index (χ4v) is 4.04. The van der Waals surface area contributed by atoms with Gasteiger partial charge >= 0.3 is 0 Å². The minimum Gasteiger partial charge on any atom is -0.462 e. The number of hydrogen-bond donors (Lipinski definition) is 0. The van der Waals surface area contributed by atoms with E-state index in [9.17, 15) is 0 Å². The number of benzene rings is 1. The standard InChI is InChI=1S/C22H17BrN4O/c1-13-8-10-28-22(13)20-21-14(2)26-19(17-5-3-4-9-24-17)16-11-15(23)6-7-18(16)27(21)12-25-20/h3-12,14H,1-2H3/t14-/m1/s1. The predicted octanol–water partition coefficient (Wildman–Crippen LogP) is 5.51. The molecule has 1 aliphatic heterocycles. The number of nitrogens with zero attached hydrogens (tertiary/aromatic N) is 4. The van der Waals surface area contributed by atoms with Crippen LogP contribution in [0.3, 0.4) is 0 Å². The molecule has 3 aromatic heterocycles. The molecule has 0 fully saturated rings. The maximum absolute atomic E-state index is 5.74. The predicted molar refractivity (Wildman–Crippen MR) is 112 cm³/mol. The lowest BCUT2D eigenvalue weighted by Crippen LogP contribution is -2.08. The molecule has 0 bridgehead atoms. The summed E-state index contributed by atoms with van der Waals surface area (Å²) in [5.41, 5.74) is 6.65. The zero-order chi connectivity index (χ0) is 19.3. The van der Waals surface area contributed by atoms with Crippen LogP contribution < -0.4 is 0 Å². The van der Waals surface area contributed by atoms with Crippen molar-refractivity contribution in [1.82, 2.24) is 14.5 Å². The number of fused-ring (bicyclic) bond motifs is 3. The Morgan fingerprint density at radius 3 is 2.75 bits per heavy atom. The Hall–Kier alpha value is -2.99. The van der Waals surface area contributed by atoms with E-state index in [1.54, 1.807) is 12.5 Å². The van der Waals surface area contributed by atoms with E-state index in [0.717, 1.165) is 49.8 Å².